The molecule has 0 aromatic heterocycles. The van der Waals surface area contributed by atoms with Crippen LogP contribution in [0.4, 0.5) is 0 Å². The number of hydrogen-bond donors (Lipinski definition) is 0. The molecule has 70 valence electrons. The first-order chi connectivity index (χ1) is 5.53. The highest BCUT2D eigenvalue weighted by Crippen LogP contribution is 2.58. The van der Waals surface area contributed by atoms with Crippen molar-refractivity contribution in [3.8, 4) is 0 Å². The zero-order valence-corrected chi connectivity index (χ0v) is 8.93. The molecule has 2 aliphatic rings. The maximum Gasteiger partial charge on any atom is -0.0292 e. The van der Waals surface area contributed by atoms with Gasteiger partial charge in [0.25, 0.3) is 0 Å². The maximum atomic E-state index is 2.52. The first-order valence-corrected chi connectivity index (χ1v) is 5.53. The van der Waals surface area contributed by atoms with Gasteiger partial charge in [-0.25, -0.2) is 0 Å². The summed E-state index contributed by atoms with van der Waals surface area (Å²) >= 11 is 0. The molecule has 5 atom stereocenters. The van der Waals surface area contributed by atoms with E-state index in [9.17, 15) is 0 Å². The van der Waals surface area contributed by atoms with Crippen LogP contribution in [-0.4, -0.2) is 0 Å². The van der Waals surface area contributed by atoms with Gasteiger partial charge in [-0.2, -0.15) is 0 Å². The fraction of sp³-hybridized carbons (Fsp3) is 1.00. The summed E-state index contributed by atoms with van der Waals surface area (Å²) in [7, 11) is 0. The van der Waals surface area contributed by atoms with E-state index >= 15 is 0 Å². The first kappa shape index (κ1) is 8.59. The molecule has 2 unspecified atom stereocenters. The van der Waals surface area contributed by atoms with Gasteiger partial charge in [-0.3, -0.25) is 0 Å². The van der Waals surface area contributed by atoms with E-state index < -0.39 is 0 Å². The Hall–Kier alpha value is 0. The number of hydrogen-bond acceptors (Lipinski definition) is 0. The molecule has 0 aliphatic heterocycles. The minimum Gasteiger partial charge on any atom is -0.0625 e. The van der Waals surface area contributed by atoms with Crippen LogP contribution >= 0.6 is 0 Å². The quantitative estimate of drug-likeness (QED) is 0.514. The lowest BCUT2D eigenvalue weighted by Gasteiger charge is -2.35. The molecule has 0 saturated heterocycles. The Morgan fingerprint density at radius 1 is 1.08 bits per heavy atom. The van der Waals surface area contributed by atoms with Crippen LogP contribution in [0.15, 0.2) is 0 Å². The van der Waals surface area contributed by atoms with Crippen LogP contribution in [0.2, 0.25) is 0 Å². The SMILES string of the molecule is CC1[C@H]2C[C@H](C)CC(C)(C2)[C@@H]1C. The largest absolute Gasteiger partial charge is 0.0625 e. The van der Waals surface area contributed by atoms with E-state index in [1.807, 2.05) is 0 Å². The summed E-state index contributed by atoms with van der Waals surface area (Å²) in [6, 6.07) is 0. The molecule has 0 radical (unpaired) electrons. The van der Waals surface area contributed by atoms with E-state index in [0.29, 0.717) is 5.41 Å². The van der Waals surface area contributed by atoms with Crippen LogP contribution in [0.1, 0.15) is 47.0 Å². The Bertz CT molecular complexity index is 180. The van der Waals surface area contributed by atoms with Gasteiger partial charge in [0, 0.05) is 0 Å². The Labute approximate surface area is 76.7 Å². The zero-order chi connectivity index (χ0) is 8.93. The summed E-state index contributed by atoms with van der Waals surface area (Å²) < 4.78 is 0. The Morgan fingerprint density at radius 2 is 1.75 bits per heavy atom. The second-order valence-electron chi connectivity index (χ2n) is 5.81. The van der Waals surface area contributed by atoms with E-state index in [1.54, 1.807) is 0 Å². The van der Waals surface area contributed by atoms with Crippen molar-refractivity contribution in [1.29, 1.82) is 0 Å². The van der Waals surface area contributed by atoms with Crippen LogP contribution in [0, 0.1) is 29.1 Å². The van der Waals surface area contributed by atoms with Crippen molar-refractivity contribution in [2.75, 3.05) is 0 Å². The molecule has 0 spiro atoms. The van der Waals surface area contributed by atoms with Crippen molar-refractivity contribution in [2.24, 2.45) is 29.1 Å². The predicted octanol–water partition coefficient (Wildman–Crippen LogP) is 3.71. The molecule has 2 saturated carbocycles. The molecular weight excluding hydrogens is 144 g/mol. The van der Waals surface area contributed by atoms with Gasteiger partial charge in [-0.1, -0.05) is 27.7 Å². The molecule has 2 bridgehead atoms. The van der Waals surface area contributed by atoms with Gasteiger partial charge in [-0.05, 0) is 48.3 Å². The average Bonchev–Trinajstić information content (AvgIpc) is 2.12. The highest BCUT2D eigenvalue weighted by Gasteiger charge is 2.49. The normalized spacial score (nSPS) is 59.0. The third kappa shape index (κ3) is 1.03. The van der Waals surface area contributed by atoms with Gasteiger partial charge in [0.1, 0.15) is 0 Å². The molecule has 2 rings (SSSR count). The Balaban J connectivity index is 2.24. The van der Waals surface area contributed by atoms with Gasteiger partial charge < -0.3 is 0 Å². The van der Waals surface area contributed by atoms with E-state index in [4.69, 9.17) is 0 Å². The van der Waals surface area contributed by atoms with E-state index in [-0.39, 0.29) is 0 Å². The average molecular weight is 166 g/mol. The molecule has 0 N–H and O–H groups in total. The maximum absolute atomic E-state index is 2.52. The zero-order valence-electron chi connectivity index (χ0n) is 8.93. The summed E-state index contributed by atoms with van der Waals surface area (Å²) in [5.41, 5.74) is 0.696. The van der Waals surface area contributed by atoms with Crippen LogP contribution in [-0.2, 0) is 0 Å². The molecule has 0 amide bonds. The third-order valence-corrected chi connectivity index (χ3v) is 4.88. The predicted molar refractivity (Wildman–Crippen MR) is 52.9 cm³/mol. The van der Waals surface area contributed by atoms with Crippen LogP contribution in [0.25, 0.3) is 0 Å². The van der Waals surface area contributed by atoms with Gasteiger partial charge in [0.15, 0.2) is 0 Å². The standard InChI is InChI=1S/C12H22/c1-8-5-11-7-12(4,6-8)10(3)9(11)2/h8-11H,5-7H2,1-4H3/t8-,9?,10+,11-,12?/m0/s1. The summed E-state index contributed by atoms with van der Waals surface area (Å²) in [5, 5.41) is 0. The third-order valence-electron chi connectivity index (χ3n) is 4.88. The van der Waals surface area contributed by atoms with Gasteiger partial charge in [0.05, 0.1) is 0 Å². The fourth-order valence-electron chi connectivity index (χ4n) is 3.98. The summed E-state index contributed by atoms with van der Waals surface area (Å²) in [6.45, 7) is 9.90. The minimum atomic E-state index is 0.696. The van der Waals surface area contributed by atoms with Gasteiger partial charge in [0.2, 0.25) is 0 Å². The molecule has 2 fully saturated rings. The molecule has 0 nitrogen and oxygen atoms in total. The Kier molecular flexibility index (Phi) is 1.79. The minimum absolute atomic E-state index is 0.696. The van der Waals surface area contributed by atoms with Crippen LogP contribution in [0.5, 0.6) is 0 Å². The molecule has 2 aliphatic carbocycles. The van der Waals surface area contributed by atoms with Gasteiger partial charge in [-0.15, -0.1) is 0 Å². The summed E-state index contributed by atoms with van der Waals surface area (Å²) in [5.74, 6) is 3.99. The monoisotopic (exact) mass is 166 g/mol. The lowest BCUT2D eigenvalue weighted by molar-refractivity contribution is 0.149. The topological polar surface area (TPSA) is 0 Å². The molecule has 12 heavy (non-hydrogen) atoms. The van der Waals surface area contributed by atoms with Crippen molar-refractivity contribution < 1.29 is 0 Å². The molecular formula is C12H22. The Morgan fingerprint density at radius 3 is 2.33 bits per heavy atom. The fourth-order valence-corrected chi connectivity index (χ4v) is 3.98. The summed E-state index contributed by atoms with van der Waals surface area (Å²) in [6.07, 6.45) is 4.50. The van der Waals surface area contributed by atoms with Crippen molar-refractivity contribution in [2.45, 2.75) is 47.0 Å². The molecule has 0 heterocycles. The van der Waals surface area contributed by atoms with Crippen LogP contribution < -0.4 is 0 Å². The number of rotatable bonds is 0. The molecule has 0 aromatic carbocycles. The van der Waals surface area contributed by atoms with Crippen molar-refractivity contribution in [1.82, 2.24) is 0 Å². The van der Waals surface area contributed by atoms with Crippen molar-refractivity contribution in [3.05, 3.63) is 0 Å². The van der Waals surface area contributed by atoms with Crippen molar-refractivity contribution in [3.63, 3.8) is 0 Å². The number of fused-ring (bicyclic) bond motifs is 2. The van der Waals surface area contributed by atoms with E-state index in [2.05, 4.69) is 27.7 Å². The lowest BCUT2D eigenvalue weighted by atomic mass is 9.70. The summed E-state index contributed by atoms with van der Waals surface area (Å²) in [4.78, 5) is 0. The van der Waals surface area contributed by atoms with E-state index in [1.165, 1.54) is 19.3 Å². The van der Waals surface area contributed by atoms with E-state index in [0.717, 1.165) is 23.7 Å². The molecule has 0 heteroatoms. The first-order valence-electron chi connectivity index (χ1n) is 5.53. The van der Waals surface area contributed by atoms with Crippen LogP contribution in [0.3, 0.4) is 0 Å². The van der Waals surface area contributed by atoms with Gasteiger partial charge >= 0.3 is 0 Å². The lowest BCUT2D eigenvalue weighted by Crippen LogP contribution is -2.25. The highest BCUT2D eigenvalue weighted by molar-refractivity contribution is 4.99. The second-order valence-corrected chi connectivity index (χ2v) is 5.81. The highest BCUT2D eigenvalue weighted by atomic mass is 14.5. The second kappa shape index (κ2) is 2.49. The molecule has 0 aromatic rings. The smallest absolute Gasteiger partial charge is 0.0292 e. The van der Waals surface area contributed by atoms with Crippen molar-refractivity contribution >= 4 is 0 Å².